The number of nitrogens with one attached hydrogen (secondary N) is 1. The minimum absolute atomic E-state index is 0.163. The maximum Gasteiger partial charge on any atom is 0.278 e. The van der Waals surface area contributed by atoms with Gasteiger partial charge in [0.25, 0.3) is 5.69 Å². The summed E-state index contributed by atoms with van der Waals surface area (Å²) in [5.74, 6) is 0. The lowest BCUT2D eigenvalue weighted by Gasteiger charge is -2.03. The monoisotopic (exact) mass is 272 g/mol. The predicted molar refractivity (Wildman–Crippen MR) is 82.7 cm³/mol. The van der Waals surface area contributed by atoms with Crippen molar-refractivity contribution < 1.29 is 4.92 Å². The highest BCUT2D eigenvalue weighted by Crippen LogP contribution is 2.30. The molecule has 20 heavy (non-hydrogen) atoms. The lowest BCUT2D eigenvalue weighted by molar-refractivity contribution is -0.383. The van der Waals surface area contributed by atoms with E-state index in [2.05, 4.69) is 24.9 Å². The number of hydrogen-bond donors (Lipinski definition) is 1. The molecule has 0 spiro atoms. The third-order valence-electron chi connectivity index (χ3n) is 3.38. The molecule has 2 rings (SSSR count). The molecule has 0 aliphatic heterocycles. The number of benzene rings is 1. The van der Waals surface area contributed by atoms with Crippen molar-refractivity contribution in [3.8, 4) is 0 Å². The smallest absolute Gasteiger partial charge is 0.278 e. The van der Waals surface area contributed by atoms with Crippen molar-refractivity contribution >= 4 is 22.2 Å². The molecule has 0 saturated heterocycles. The number of fused-ring (bicyclic) bond motifs is 1. The maximum absolute atomic E-state index is 11.1. The molecule has 0 bridgehead atoms. The molecule has 0 atom stereocenters. The van der Waals surface area contributed by atoms with Crippen molar-refractivity contribution in [2.45, 2.75) is 39.5 Å². The van der Waals surface area contributed by atoms with Crippen LogP contribution in [-0.2, 0) is 0 Å². The number of allylic oxidation sites excluding steroid dienone is 2. The van der Waals surface area contributed by atoms with Crippen molar-refractivity contribution in [2.24, 2.45) is 0 Å². The summed E-state index contributed by atoms with van der Waals surface area (Å²) in [7, 11) is 0. The molecule has 0 saturated carbocycles. The lowest BCUT2D eigenvalue weighted by Crippen LogP contribution is -1.87. The van der Waals surface area contributed by atoms with Crippen LogP contribution in [0.25, 0.3) is 16.5 Å². The number of unbranched alkanes of at least 4 members (excludes halogenated alkanes) is 1. The first kappa shape index (κ1) is 14.3. The van der Waals surface area contributed by atoms with Gasteiger partial charge in [-0.1, -0.05) is 38.8 Å². The molecule has 4 heteroatoms. The first-order valence-corrected chi connectivity index (χ1v) is 7.12. The molecule has 2 aromatic rings. The normalized spacial score (nSPS) is 12.0. The van der Waals surface area contributed by atoms with Crippen LogP contribution in [0.4, 0.5) is 5.69 Å². The van der Waals surface area contributed by atoms with Crippen LogP contribution < -0.4 is 0 Å². The van der Waals surface area contributed by atoms with E-state index in [4.69, 9.17) is 0 Å². The molecule has 0 aliphatic carbocycles. The number of nitro benzene ring substituents is 1. The zero-order valence-corrected chi connectivity index (χ0v) is 12.0. The van der Waals surface area contributed by atoms with Crippen LogP contribution in [0, 0.1) is 10.1 Å². The number of nitrogens with zero attached hydrogens (tertiary/aromatic N) is 1. The van der Waals surface area contributed by atoms with Gasteiger partial charge in [0.2, 0.25) is 0 Å². The summed E-state index contributed by atoms with van der Waals surface area (Å²) in [4.78, 5) is 14.1. The van der Waals surface area contributed by atoms with Gasteiger partial charge >= 0.3 is 0 Å². The summed E-state index contributed by atoms with van der Waals surface area (Å²) in [5.41, 5.74) is 3.24. The minimum Gasteiger partial charge on any atom is -0.355 e. The quantitative estimate of drug-likeness (QED) is 0.590. The van der Waals surface area contributed by atoms with Crippen LogP contribution in [0.2, 0.25) is 0 Å². The molecular weight excluding hydrogens is 252 g/mol. The summed E-state index contributed by atoms with van der Waals surface area (Å²) in [6.07, 6.45) is 6.42. The molecular formula is C16H20N2O2. The molecule has 0 fully saturated rings. The van der Waals surface area contributed by atoms with E-state index >= 15 is 0 Å². The Labute approximate surface area is 118 Å². The largest absolute Gasteiger partial charge is 0.355 e. The van der Waals surface area contributed by atoms with E-state index in [1.165, 1.54) is 5.57 Å². The number of nitro groups is 1. The zero-order chi connectivity index (χ0) is 14.5. The van der Waals surface area contributed by atoms with Gasteiger partial charge in [-0.2, -0.15) is 0 Å². The molecule has 1 aromatic heterocycles. The van der Waals surface area contributed by atoms with Crippen molar-refractivity contribution in [1.29, 1.82) is 0 Å². The fraction of sp³-hybridized carbons (Fsp3) is 0.375. The third kappa shape index (κ3) is 2.90. The highest BCUT2D eigenvalue weighted by molar-refractivity contribution is 5.92. The van der Waals surface area contributed by atoms with Gasteiger partial charge in [0, 0.05) is 11.8 Å². The number of aromatic nitrogens is 1. The van der Waals surface area contributed by atoms with Crippen LogP contribution in [-0.4, -0.2) is 9.91 Å². The van der Waals surface area contributed by atoms with Crippen LogP contribution in [0.3, 0.4) is 0 Å². The van der Waals surface area contributed by atoms with Crippen molar-refractivity contribution in [3.05, 3.63) is 46.1 Å². The zero-order valence-electron chi connectivity index (χ0n) is 12.0. The van der Waals surface area contributed by atoms with Gasteiger partial charge in [0.15, 0.2) is 0 Å². The van der Waals surface area contributed by atoms with E-state index in [0.29, 0.717) is 5.39 Å². The molecule has 0 amide bonds. The molecule has 0 radical (unpaired) electrons. The van der Waals surface area contributed by atoms with Gasteiger partial charge in [0.05, 0.1) is 15.8 Å². The standard InChI is InChI=1S/C16H20N2O2/c1-3-5-8-12(7-4-2)15-11-13-14(17-15)9-6-10-16(13)18(19)20/h6,8-11,17H,3-5,7H2,1-2H3/b12-8+. The molecule has 4 nitrogen and oxygen atoms in total. The van der Waals surface area contributed by atoms with E-state index in [1.54, 1.807) is 12.1 Å². The Hall–Kier alpha value is -2.10. The van der Waals surface area contributed by atoms with Crippen molar-refractivity contribution in [1.82, 2.24) is 4.98 Å². The average Bonchev–Trinajstić information content (AvgIpc) is 2.86. The summed E-state index contributed by atoms with van der Waals surface area (Å²) >= 11 is 0. The Kier molecular flexibility index (Phi) is 4.56. The van der Waals surface area contributed by atoms with Crippen molar-refractivity contribution in [2.75, 3.05) is 0 Å². The van der Waals surface area contributed by atoms with Gasteiger partial charge in [-0.25, -0.2) is 0 Å². The van der Waals surface area contributed by atoms with Crippen LogP contribution in [0.1, 0.15) is 45.2 Å². The first-order valence-electron chi connectivity index (χ1n) is 7.12. The second kappa shape index (κ2) is 6.37. The van der Waals surface area contributed by atoms with E-state index in [0.717, 1.165) is 36.9 Å². The number of rotatable bonds is 6. The first-order chi connectivity index (χ1) is 9.67. The maximum atomic E-state index is 11.1. The average molecular weight is 272 g/mol. The fourth-order valence-corrected chi connectivity index (χ4v) is 2.41. The Morgan fingerprint density at radius 3 is 2.80 bits per heavy atom. The van der Waals surface area contributed by atoms with Gasteiger partial charge in [0.1, 0.15) is 0 Å². The SMILES string of the molecule is CCC/C=C(\CCC)c1cc2c([N+](=O)[O-])cccc2[nH]1. The Morgan fingerprint density at radius 2 is 2.15 bits per heavy atom. The molecule has 1 N–H and O–H groups in total. The number of hydrogen-bond acceptors (Lipinski definition) is 2. The van der Waals surface area contributed by atoms with Gasteiger partial charge < -0.3 is 4.98 Å². The van der Waals surface area contributed by atoms with Crippen LogP contribution in [0.15, 0.2) is 30.3 Å². The fourth-order valence-electron chi connectivity index (χ4n) is 2.41. The third-order valence-corrected chi connectivity index (χ3v) is 3.38. The van der Waals surface area contributed by atoms with Crippen LogP contribution >= 0.6 is 0 Å². The number of non-ortho nitro benzene ring substituents is 1. The van der Waals surface area contributed by atoms with E-state index in [9.17, 15) is 10.1 Å². The Balaban J connectivity index is 2.49. The van der Waals surface area contributed by atoms with E-state index < -0.39 is 0 Å². The van der Waals surface area contributed by atoms with Crippen molar-refractivity contribution in [3.63, 3.8) is 0 Å². The number of aromatic amines is 1. The summed E-state index contributed by atoms with van der Waals surface area (Å²) in [6, 6.07) is 7.06. The molecule has 1 heterocycles. The Bertz CT molecular complexity index is 641. The number of H-pyrrole nitrogens is 1. The Morgan fingerprint density at radius 1 is 1.35 bits per heavy atom. The molecule has 1 aromatic carbocycles. The van der Waals surface area contributed by atoms with Gasteiger partial charge in [-0.3, -0.25) is 10.1 Å². The second-order valence-electron chi connectivity index (χ2n) is 4.95. The molecule has 0 unspecified atom stereocenters. The highest BCUT2D eigenvalue weighted by Gasteiger charge is 2.14. The lowest BCUT2D eigenvalue weighted by atomic mass is 10.1. The van der Waals surface area contributed by atoms with Gasteiger partial charge in [-0.05, 0) is 30.5 Å². The van der Waals surface area contributed by atoms with E-state index in [-0.39, 0.29) is 10.6 Å². The summed E-state index contributed by atoms with van der Waals surface area (Å²) in [6.45, 7) is 4.29. The minimum atomic E-state index is -0.324. The second-order valence-corrected chi connectivity index (χ2v) is 4.95. The predicted octanol–water partition coefficient (Wildman–Crippen LogP) is 5.06. The highest BCUT2D eigenvalue weighted by atomic mass is 16.6. The molecule has 0 aliphatic rings. The van der Waals surface area contributed by atoms with Gasteiger partial charge in [-0.15, -0.1) is 0 Å². The van der Waals surface area contributed by atoms with E-state index in [1.807, 2.05) is 12.1 Å². The summed E-state index contributed by atoms with van der Waals surface area (Å²) < 4.78 is 0. The molecule has 106 valence electrons. The topological polar surface area (TPSA) is 58.9 Å². The van der Waals surface area contributed by atoms with Crippen LogP contribution in [0.5, 0.6) is 0 Å². The summed E-state index contributed by atoms with van der Waals surface area (Å²) in [5, 5.41) is 11.8.